The maximum atomic E-state index is 6.16. The quantitative estimate of drug-likeness (QED) is 0.0835. The first kappa shape index (κ1) is 42.5. The van der Waals surface area contributed by atoms with Gasteiger partial charge in [-0.1, -0.05) is 147 Å². The Morgan fingerprint density at radius 1 is 0.594 bits per heavy atom. The third-order valence-electron chi connectivity index (χ3n) is 15.3. The molecule has 0 fully saturated rings. The van der Waals surface area contributed by atoms with Crippen LogP contribution >= 0.6 is 0 Å². The lowest BCUT2D eigenvalue weighted by atomic mass is 9.91. The molecule has 0 radical (unpaired) electrons. The fraction of sp³-hybridized carbons (Fsp3) is 0.333. The molecule has 0 amide bonds. The van der Waals surface area contributed by atoms with Gasteiger partial charge in [0.2, 0.25) is 0 Å². The molecule has 2 aromatic heterocycles. The predicted molar refractivity (Wildman–Crippen MR) is 279 cm³/mol. The number of benzene rings is 6. The van der Waals surface area contributed by atoms with E-state index < -0.39 is 8.07 Å². The van der Waals surface area contributed by atoms with E-state index in [1.54, 1.807) is 27.8 Å². The highest BCUT2D eigenvalue weighted by atomic mass is 28.3. The third-order valence-corrected chi connectivity index (χ3v) is 20.9. The fourth-order valence-electron chi connectivity index (χ4n) is 12.6. The van der Waals surface area contributed by atoms with Gasteiger partial charge in [-0.2, -0.15) is 0 Å². The molecule has 2 aliphatic rings. The third kappa shape index (κ3) is 7.04. The molecule has 64 heavy (non-hydrogen) atoms. The lowest BCUT2D eigenvalue weighted by molar-refractivity contribution is -0.00471. The Balaban J connectivity index is 1.09. The van der Waals surface area contributed by atoms with E-state index in [2.05, 4.69) is 199 Å². The van der Waals surface area contributed by atoms with E-state index >= 15 is 0 Å². The molecule has 0 saturated heterocycles. The van der Waals surface area contributed by atoms with Gasteiger partial charge >= 0.3 is 0 Å². The fourth-order valence-corrected chi connectivity index (χ4v) is 18.7. The van der Waals surface area contributed by atoms with Crippen LogP contribution in [0.5, 0.6) is 0 Å². The monoisotopic (exact) mass is 858 g/mol. The van der Waals surface area contributed by atoms with Crippen molar-refractivity contribution in [2.24, 2.45) is 14.1 Å². The van der Waals surface area contributed by atoms with E-state index in [-0.39, 0.29) is 5.60 Å². The van der Waals surface area contributed by atoms with Crippen LogP contribution in [-0.2, 0) is 18.8 Å². The van der Waals surface area contributed by atoms with Crippen molar-refractivity contribution in [1.29, 1.82) is 0 Å². The van der Waals surface area contributed by atoms with Crippen molar-refractivity contribution in [2.45, 2.75) is 109 Å². The summed E-state index contributed by atoms with van der Waals surface area (Å²) in [4.78, 5) is 0. The maximum Gasteiger partial charge on any atom is 0.0752 e. The van der Waals surface area contributed by atoms with Crippen LogP contribution in [-0.4, -0.2) is 29.4 Å². The molecule has 6 aromatic carbocycles. The van der Waals surface area contributed by atoms with Gasteiger partial charge in [0.05, 0.1) is 13.7 Å². The standard InChI is InChI=1S/C60H66N2OSi/c1-10-21-43-40(3)59(49-27-20-25-45(57(43)49)42-31-33-56-52(38-42)47-23-14-16-29-54(47)62(56)8)64(9,35-18-12-11-17-34-63-60(4,5)6)58-39(2)36-50-44(24-19-26-48(50)58)41-30-32-55-51(37-41)46-22-13-15-28-53(46)61(55)7/h13-16,19-20,22-33,36-38,58-59H,10-12,17-18,21,34-35H2,1-9H3. The van der Waals surface area contributed by atoms with Gasteiger partial charge in [-0.3, -0.25) is 0 Å². The summed E-state index contributed by atoms with van der Waals surface area (Å²) in [6, 6.07) is 48.0. The van der Waals surface area contributed by atoms with Crippen LogP contribution in [0.15, 0.2) is 132 Å². The van der Waals surface area contributed by atoms with Crippen molar-refractivity contribution in [3.63, 3.8) is 0 Å². The Morgan fingerprint density at radius 3 is 1.78 bits per heavy atom. The van der Waals surface area contributed by atoms with Crippen molar-refractivity contribution < 1.29 is 4.74 Å². The van der Waals surface area contributed by atoms with Gasteiger partial charge < -0.3 is 13.9 Å². The average molecular weight is 859 g/mol. The number of ether oxygens (including phenoxy) is 1. The molecule has 0 aliphatic heterocycles. The zero-order valence-electron chi connectivity index (χ0n) is 39.7. The number of allylic oxidation sites excluding steroid dienone is 3. The molecule has 2 aliphatic carbocycles. The molecule has 326 valence electrons. The second-order valence-electron chi connectivity index (χ2n) is 20.5. The summed E-state index contributed by atoms with van der Waals surface area (Å²) in [5, 5.41) is 5.32. The molecule has 3 atom stereocenters. The van der Waals surface area contributed by atoms with Crippen molar-refractivity contribution in [2.75, 3.05) is 6.61 Å². The number of rotatable bonds is 13. The SMILES string of the molecule is CCCC1=C(C)C([Si](C)(CCCCCCOC(C)(C)C)C2C(C)=Cc3c(-c4ccc5c(c4)c4ccccc4n5C)cccc32)c2cccc(-c3ccc4c(c3)c3ccccc3n4C)c21. The minimum absolute atomic E-state index is 0.0832. The van der Waals surface area contributed by atoms with Crippen molar-refractivity contribution in [3.05, 3.63) is 155 Å². The minimum Gasteiger partial charge on any atom is -0.376 e. The summed E-state index contributed by atoms with van der Waals surface area (Å²) >= 11 is 0. The summed E-state index contributed by atoms with van der Waals surface area (Å²) in [7, 11) is 2.15. The summed E-state index contributed by atoms with van der Waals surface area (Å²) in [5.74, 6) is 0. The van der Waals surface area contributed by atoms with Gasteiger partial charge in [-0.15, -0.1) is 0 Å². The smallest absolute Gasteiger partial charge is 0.0752 e. The molecular formula is C60H66N2OSi. The highest BCUT2D eigenvalue weighted by Gasteiger charge is 2.51. The van der Waals surface area contributed by atoms with Crippen LogP contribution in [0.2, 0.25) is 12.6 Å². The van der Waals surface area contributed by atoms with E-state index in [1.807, 2.05) is 0 Å². The van der Waals surface area contributed by atoms with Gasteiger partial charge in [0.25, 0.3) is 0 Å². The van der Waals surface area contributed by atoms with Crippen LogP contribution in [0.1, 0.15) is 113 Å². The Bertz CT molecular complexity index is 3170. The number of unbranched alkanes of at least 4 members (excludes halogenated alkanes) is 3. The molecule has 2 heterocycles. The first-order chi connectivity index (χ1) is 30.9. The molecule has 0 bridgehead atoms. The normalized spacial score (nSPS) is 17.2. The van der Waals surface area contributed by atoms with Crippen molar-refractivity contribution in [3.8, 4) is 22.3 Å². The molecule has 0 saturated carbocycles. The number of aromatic nitrogens is 2. The highest BCUT2D eigenvalue weighted by molar-refractivity contribution is 6.83. The number of fused-ring (bicyclic) bond motifs is 8. The van der Waals surface area contributed by atoms with Gasteiger partial charge in [0, 0.05) is 75.4 Å². The number of para-hydroxylation sites is 2. The minimum atomic E-state index is -2.25. The Morgan fingerprint density at radius 2 is 1.16 bits per heavy atom. The van der Waals surface area contributed by atoms with Crippen LogP contribution < -0.4 is 0 Å². The van der Waals surface area contributed by atoms with Gasteiger partial charge in [0.15, 0.2) is 0 Å². The summed E-state index contributed by atoms with van der Waals surface area (Å²) in [6.45, 7) is 17.5. The number of hydrogen-bond acceptors (Lipinski definition) is 1. The van der Waals surface area contributed by atoms with Crippen molar-refractivity contribution in [1.82, 2.24) is 9.13 Å². The van der Waals surface area contributed by atoms with E-state index in [0.717, 1.165) is 25.9 Å². The van der Waals surface area contributed by atoms with E-state index in [9.17, 15) is 0 Å². The average Bonchev–Trinajstić information content (AvgIpc) is 3.98. The lowest BCUT2D eigenvalue weighted by Crippen LogP contribution is -2.45. The first-order valence-electron chi connectivity index (χ1n) is 24.1. The maximum absolute atomic E-state index is 6.16. The first-order valence-corrected chi connectivity index (χ1v) is 27.0. The van der Waals surface area contributed by atoms with Crippen LogP contribution in [0, 0.1) is 0 Å². The van der Waals surface area contributed by atoms with Gasteiger partial charge in [0.1, 0.15) is 0 Å². The van der Waals surface area contributed by atoms with E-state index in [1.165, 1.54) is 102 Å². The second kappa shape index (κ2) is 16.5. The second-order valence-corrected chi connectivity index (χ2v) is 25.2. The number of hydrogen-bond donors (Lipinski definition) is 0. The highest BCUT2D eigenvalue weighted by Crippen LogP contribution is 2.58. The molecule has 0 spiro atoms. The molecule has 3 nitrogen and oxygen atoms in total. The molecule has 0 N–H and O–H groups in total. The predicted octanol–water partition coefficient (Wildman–Crippen LogP) is 16.7. The largest absolute Gasteiger partial charge is 0.376 e. The zero-order valence-corrected chi connectivity index (χ0v) is 40.7. The van der Waals surface area contributed by atoms with Crippen LogP contribution in [0.3, 0.4) is 0 Å². The molecule has 3 unspecified atom stereocenters. The topological polar surface area (TPSA) is 19.1 Å². The Hall–Kier alpha value is -5.42. The molecule has 4 heteroatoms. The van der Waals surface area contributed by atoms with Crippen LogP contribution in [0.4, 0.5) is 0 Å². The van der Waals surface area contributed by atoms with E-state index in [4.69, 9.17) is 4.74 Å². The summed E-state index contributed by atoms with van der Waals surface area (Å²) in [5.41, 5.74) is 22.2. The summed E-state index contributed by atoms with van der Waals surface area (Å²) in [6.07, 6.45) is 9.69. The number of nitrogens with zero attached hydrogens (tertiary/aromatic N) is 2. The zero-order chi connectivity index (χ0) is 44.5. The lowest BCUT2D eigenvalue weighted by Gasteiger charge is -2.42. The molecular weight excluding hydrogens is 793 g/mol. The van der Waals surface area contributed by atoms with Gasteiger partial charge in [-0.05, 0) is 134 Å². The molecule has 8 aromatic rings. The molecule has 10 rings (SSSR count). The Kier molecular flexibility index (Phi) is 11.0. The number of aryl methyl sites for hydroxylation is 2. The van der Waals surface area contributed by atoms with Crippen molar-refractivity contribution >= 4 is 63.3 Å². The van der Waals surface area contributed by atoms with E-state index in [0.29, 0.717) is 11.1 Å². The van der Waals surface area contributed by atoms with Gasteiger partial charge in [-0.25, -0.2) is 0 Å². The van der Waals surface area contributed by atoms with Crippen LogP contribution in [0.25, 0.3) is 77.5 Å². The Labute approximate surface area is 382 Å². The summed E-state index contributed by atoms with van der Waals surface area (Å²) < 4.78 is 10.9.